The van der Waals surface area contributed by atoms with E-state index in [1.807, 2.05) is 43.0 Å². The molecule has 1 aliphatic heterocycles. The van der Waals surface area contributed by atoms with Crippen molar-refractivity contribution in [2.75, 3.05) is 6.54 Å². The molecule has 1 fully saturated rings. The van der Waals surface area contributed by atoms with Crippen LogP contribution in [0.2, 0.25) is 0 Å². The SMILES string of the molecule is Cc1cccc(OC(C)C(=O)N2CCCC2c2ccncc2)c1C. The lowest BCUT2D eigenvalue weighted by molar-refractivity contribution is -0.138. The Morgan fingerprint density at radius 1 is 1.25 bits per heavy atom. The van der Waals surface area contributed by atoms with E-state index in [1.54, 1.807) is 12.4 Å². The van der Waals surface area contributed by atoms with E-state index in [4.69, 9.17) is 4.74 Å². The van der Waals surface area contributed by atoms with Crippen LogP contribution in [0.3, 0.4) is 0 Å². The Labute approximate surface area is 143 Å². The van der Waals surface area contributed by atoms with Gasteiger partial charge in [0.25, 0.3) is 5.91 Å². The van der Waals surface area contributed by atoms with Crippen LogP contribution < -0.4 is 4.74 Å². The average molecular weight is 324 g/mol. The summed E-state index contributed by atoms with van der Waals surface area (Å²) in [4.78, 5) is 18.9. The van der Waals surface area contributed by atoms with Crippen molar-refractivity contribution in [3.63, 3.8) is 0 Å². The Bertz CT molecular complexity index is 715. The molecule has 2 aromatic rings. The van der Waals surface area contributed by atoms with Gasteiger partial charge in [-0.25, -0.2) is 0 Å². The molecule has 0 bridgehead atoms. The number of aromatic nitrogens is 1. The molecule has 2 unspecified atom stereocenters. The first-order valence-corrected chi connectivity index (χ1v) is 8.51. The van der Waals surface area contributed by atoms with E-state index in [0.717, 1.165) is 36.3 Å². The summed E-state index contributed by atoms with van der Waals surface area (Å²) in [6, 6.07) is 10.1. The molecular formula is C20H24N2O2. The molecule has 1 aliphatic rings. The van der Waals surface area contributed by atoms with Gasteiger partial charge in [-0.05, 0) is 68.5 Å². The van der Waals surface area contributed by atoms with Crippen molar-refractivity contribution in [1.82, 2.24) is 9.88 Å². The zero-order valence-corrected chi connectivity index (χ0v) is 14.5. The molecule has 0 N–H and O–H groups in total. The Morgan fingerprint density at radius 2 is 2.00 bits per heavy atom. The van der Waals surface area contributed by atoms with Crippen LogP contribution in [0.5, 0.6) is 5.75 Å². The molecule has 4 heteroatoms. The summed E-state index contributed by atoms with van der Waals surface area (Å²) in [6.45, 7) is 6.70. The van der Waals surface area contributed by atoms with Crippen molar-refractivity contribution in [2.45, 2.75) is 45.8 Å². The van der Waals surface area contributed by atoms with Crippen molar-refractivity contribution in [3.8, 4) is 5.75 Å². The second-order valence-electron chi connectivity index (χ2n) is 6.43. The van der Waals surface area contributed by atoms with E-state index in [1.165, 1.54) is 5.56 Å². The minimum Gasteiger partial charge on any atom is -0.481 e. The van der Waals surface area contributed by atoms with Crippen molar-refractivity contribution in [2.24, 2.45) is 0 Å². The van der Waals surface area contributed by atoms with Gasteiger partial charge in [0.15, 0.2) is 6.10 Å². The van der Waals surface area contributed by atoms with Crippen molar-refractivity contribution >= 4 is 5.91 Å². The molecule has 4 nitrogen and oxygen atoms in total. The Balaban J connectivity index is 1.74. The first-order chi connectivity index (χ1) is 11.6. The van der Waals surface area contributed by atoms with Crippen LogP contribution in [0.4, 0.5) is 0 Å². The summed E-state index contributed by atoms with van der Waals surface area (Å²) in [6.07, 6.45) is 5.09. The Kier molecular flexibility index (Phi) is 4.84. The molecule has 126 valence electrons. The molecule has 0 radical (unpaired) electrons. The number of aryl methyl sites for hydroxylation is 1. The highest BCUT2D eigenvalue weighted by atomic mass is 16.5. The molecule has 1 amide bonds. The molecular weight excluding hydrogens is 300 g/mol. The van der Waals surface area contributed by atoms with Gasteiger partial charge in [0.1, 0.15) is 5.75 Å². The highest BCUT2D eigenvalue weighted by Gasteiger charge is 2.33. The fourth-order valence-electron chi connectivity index (χ4n) is 3.29. The Morgan fingerprint density at radius 3 is 2.75 bits per heavy atom. The van der Waals surface area contributed by atoms with E-state index >= 15 is 0 Å². The van der Waals surface area contributed by atoms with Crippen molar-refractivity contribution < 1.29 is 9.53 Å². The van der Waals surface area contributed by atoms with Crippen LogP contribution in [0, 0.1) is 13.8 Å². The van der Waals surface area contributed by atoms with Crippen LogP contribution in [0.25, 0.3) is 0 Å². The number of hydrogen-bond acceptors (Lipinski definition) is 3. The van der Waals surface area contributed by atoms with E-state index in [9.17, 15) is 4.79 Å². The maximum absolute atomic E-state index is 12.9. The molecule has 24 heavy (non-hydrogen) atoms. The van der Waals surface area contributed by atoms with Crippen LogP contribution in [0.1, 0.15) is 42.5 Å². The maximum atomic E-state index is 12.9. The van der Waals surface area contributed by atoms with E-state index < -0.39 is 6.10 Å². The normalized spacial score (nSPS) is 18.5. The maximum Gasteiger partial charge on any atom is 0.263 e. The first-order valence-electron chi connectivity index (χ1n) is 8.51. The summed E-state index contributed by atoms with van der Waals surface area (Å²) in [5.41, 5.74) is 3.40. The standard InChI is InChI=1S/C20H24N2O2/c1-14-6-4-8-19(15(14)2)24-16(3)20(23)22-13-5-7-18(22)17-9-11-21-12-10-17/h4,6,8-12,16,18H,5,7,13H2,1-3H3. The van der Waals surface area contributed by atoms with Crippen LogP contribution >= 0.6 is 0 Å². The van der Waals surface area contributed by atoms with Gasteiger partial charge in [-0.15, -0.1) is 0 Å². The molecule has 0 spiro atoms. The second kappa shape index (κ2) is 7.04. The fraction of sp³-hybridized carbons (Fsp3) is 0.400. The minimum absolute atomic E-state index is 0.0511. The number of carbonyl (C=O) groups is 1. The zero-order valence-electron chi connectivity index (χ0n) is 14.5. The van der Waals surface area contributed by atoms with Crippen LogP contribution in [-0.4, -0.2) is 28.4 Å². The summed E-state index contributed by atoms with van der Waals surface area (Å²) in [5, 5.41) is 0. The number of hydrogen-bond donors (Lipinski definition) is 0. The van der Waals surface area contributed by atoms with E-state index in [2.05, 4.69) is 18.0 Å². The topological polar surface area (TPSA) is 42.4 Å². The number of amides is 1. The highest BCUT2D eigenvalue weighted by molar-refractivity contribution is 5.81. The molecule has 1 aromatic carbocycles. The summed E-state index contributed by atoms with van der Waals surface area (Å²) >= 11 is 0. The molecule has 3 rings (SSSR count). The number of nitrogens with zero attached hydrogens (tertiary/aromatic N) is 2. The summed E-state index contributed by atoms with van der Waals surface area (Å²) < 4.78 is 5.98. The van der Waals surface area contributed by atoms with Gasteiger partial charge in [-0.2, -0.15) is 0 Å². The van der Waals surface area contributed by atoms with Crippen molar-refractivity contribution in [3.05, 3.63) is 59.4 Å². The Hall–Kier alpha value is -2.36. The predicted molar refractivity (Wildman–Crippen MR) is 93.9 cm³/mol. The third-order valence-corrected chi connectivity index (χ3v) is 4.83. The van der Waals surface area contributed by atoms with Crippen LogP contribution in [0.15, 0.2) is 42.7 Å². The van der Waals surface area contributed by atoms with Gasteiger partial charge >= 0.3 is 0 Å². The average Bonchev–Trinajstić information content (AvgIpc) is 3.08. The van der Waals surface area contributed by atoms with Gasteiger partial charge < -0.3 is 9.64 Å². The number of carbonyl (C=O) groups excluding carboxylic acids is 1. The molecule has 2 heterocycles. The first kappa shape index (κ1) is 16.5. The lowest BCUT2D eigenvalue weighted by atomic mass is 10.1. The third-order valence-electron chi connectivity index (χ3n) is 4.83. The van der Waals surface area contributed by atoms with Crippen molar-refractivity contribution in [1.29, 1.82) is 0 Å². The zero-order chi connectivity index (χ0) is 17.1. The molecule has 2 atom stereocenters. The van der Waals surface area contributed by atoms with Gasteiger partial charge in [0.05, 0.1) is 6.04 Å². The number of pyridine rings is 1. The lowest BCUT2D eigenvalue weighted by Crippen LogP contribution is -2.40. The molecule has 0 aliphatic carbocycles. The third kappa shape index (κ3) is 3.28. The van der Waals surface area contributed by atoms with Gasteiger partial charge in [-0.1, -0.05) is 12.1 Å². The quantitative estimate of drug-likeness (QED) is 0.858. The predicted octanol–water partition coefficient (Wildman–Crippen LogP) is 3.83. The van der Waals surface area contributed by atoms with Gasteiger partial charge in [0, 0.05) is 18.9 Å². The number of rotatable bonds is 4. The van der Waals surface area contributed by atoms with Crippen LogP contribution in [-0.2, 0) is 4.79 Å². The fourth-order valence-corrected chi connectivity index (χ4v) is 3.29. The largest absolute Gasteiger partial charge is 0.481 e. The monoisotopic (exact) mass is 324 g/mol. The molecule has 0 saturated carbocycles. The summed E-state index contributed by atoms with van der Waals surface area (Å²) in [7, 11) is 0. The van der Waals surface area contributed by atoms with Gasteiger partial charge in [-0.3, -0.25) is 9.78 Å². The molecule has 1 aromatic heterocycles. The number of likely N-dealkylation sites (tertiary alicyclic amines) is 1. The lowest BCUT2D eigenvalue weighted by Gasteiger charge is -2.28. The van der Waals surface area contributed by atoms with Gasteiger partial charge in [0.2, 0.25) is 0 Å². The molecule has 1 saturated heterocycles. The van der Waals surface area contributed by atoms with E-state index in [-0.39, 0.29) is 11.9 Å². The number of benzene rings is 1. The minimum atomic E-state index is -0.493. The smallest absolute Gasteiger partial charge is 0.263 e. The second-order valence-corrected chi connectivity index (χ2v) is 6.43. The summed E-state index contributed by atoms with van der Waals surface area (Å²) in [5.74, 6) is 0.839. The number of ether oxygens (including phenoxy) is 1. The van der Waals surface area contributed by atoms with E-state index in [0.29, 0.717) is 0 Å². The highest BCUT2D eigenvalue weighted by Crippen LogP contribution is 2.32.